The molecule has 0 fully saturated rings. The van der Waals surface area contributed by atoms with Gasteiger partial charge in [0.2, 0.25) is 0 Å². The minimum absolute atomic E-state index is 0. The van der Waals surface area contributed by atoms with E-state index in [9.17, 15) is 0 Å². The average Bonchev–Trinajstić information content (AvgIpc) is 2.12. The maximum absolute atomic E-state index is 3.76. The Hall–Kier alpha value is -0.128. The molecule has 0 saturated carbocycles. The van der Waals surface area contributed by atoms with E-state index in [0.717, 1.165) is 5.69 Å². The molecule has 0 unspecified atom stereocenters. The molecule has 0 amide bonds. The smallest absolute Gasteiger partial charge is 0 e. The number of hydrogen-bond donors (Lipinski definition) is 1. The third-order valence-corrected chi connectivity index (χ3v) is 1.09. The molecule has 0 aliphatic heterocycles. The molecule has 0 aliphatic carbocycles. The van der Waals surface area contributed by atoms with Gasteiger partial charge in [0.15, 0.2) is 0 Å². The molecule has 1 N–H and O–H groups in total. The maximum Gasteiger partial charge on any atom is 0 e. The number of aromatic nitrogens is 2. The largest absolute Gasteiger partial charge is 0.464 e. The van der Waals surface area contributed by atoms with Crippen LogP contribution >= 0.6 is 0 Å². The van der Waals surface area contributed by atoms with Crippen LogP contribution in [0.4, 0.5) is 0 Å². The van der Waals surface area contributed by atoms with Gasteiger partial charge in [-0.3, -0.25) is 0 Å². The van der Waals surface area contributed by atoms with Crippen LogP contribution in [0.5, 0.6) is 0 Å². The molecule has 0 aromatic carbocycles. The second-order valence-electron chi connectivity index (χ2n) is 2.11. The number of imidazole rings is 1. The maximum atomic E-state index is 3.76. The van der Waals surface area contributed by atoms with Crippen molar-refractivity contribution in [2.45, 2.75) is 19.8 Å². The second-order valence-corrected chi connectivity index (χ2v) is 2.11. The van der Waals surface area contributed by atoms with Gasteiger partial charge in [-0.25, -0.2) is 0 Å². The Kier molecular flexibility index (Phi) is 3.76. The van der Waals surface area contributed by atoms with E-state index in [1.54, 1.807) is 6.20 Å². The summed E-state index contributed by atoms with van der Waals surface area (Å²) >= 11 is 0. The summed E-state index contributed by atoms with van der Waals surface area (Å²) in [4.78, 5) is 6.66. The van der Waals surface area contributed by atoms with Crippen LogP contribution in [0.15, 0.2) is 6.20 Å². The van der Waals surface area contributed by atoms with Crippen molar-refractivity contribution in [2.75, 3.05) is 0 Å². The number of nitrogens with one attached hydrogen (secondary N) is 1. The van der Waals surface area contributed by atoms with Crippen molar-refractivity contribution < 1.29 is 20.4 Å². The van der Waals surface area contributed by atoms with Gasteiger partial charge >= 0.3 is 0 Å². The van der Waals surface area contributed by atoms with Crippen LogP contribution in [0.2, 0.25) is 0 Å². The number of hydrogen-bond acceptors (Lipinski definition) is 1. The first-order valence-electron chi connectivity index (χ1n) is 2.71. The van der Waals surface area contributed by atoms with Gasteiger partial charge < -0.3 is 9.97 Å². The third kappa shape index (κ3) is 2.30. The Morgan fingerprint density at radius 2 is 2.33 bits per heavy atom. The van der Waals surface area contributed by atoms with Crippen LogP contribution in [-0.4, -0.2) is 9.97 Å². The van der Waals surface area contributed by atoms with Crippen LogP contribution < -0.4 is 0 Å². The molecule has 1 aromatic heterocycles. The van der Waals surface area contributed by atoms with Crippen molar-refractivity contribution in [1.29, 1.82) is 0 Å². The zero-order valence-electron chi connectivity index (χ0n) is 5.48. The van der Waals surface area contributed by atoms with Crippen molar-refractivity contribution in [1.82, 2.24) is 9.97 Å². The molecule has 2 nitrogen and oxygen atoms in total. The van der Waals surface area contributed by atoms with Crippen molar-refractivity contribution in [2.24, 2.45) is 0 Å². The van der Waals surface area contributed by atoms with Gasteiger partial charge in [0.1, 0.15) is 0 Å². The van der Waals surface area contributed by atoms with Crippen molar-refractivity contribution >= 4 is 0 Å². The summed E-state index contributed by atoms with van der Waals surface area (Å²) in [5.41, 5.74) is 1.14. The fourth-order valence-electron chi connectivity index (χ4n) is 0.524. The molecule has 0 aliphatic rings. The third-order valence-electron chi connectivity index (χ3n) is 1.09. The first kappa shape index (κ1) is 8.87. The first-order valence-corrected chi connectivity index (χ1v) is 2.71. The van der Waals surface area contributed by atoms with Crippen LogP contribution in [0.3, 0.4) is 0 Å². The van der Waals surface area contributed by atoms with Gasteiger partial charge in [-0.1, -0.05) is 19.8 Å². The van der Waals surface area contributed by atoms with Crippen LogP contribution in [-0.2, 0) is 20.4 Å². The summed E-state index contributed by atoms with van der Waals surface area (Å²) in [5, 5.41) is 0. The molecular formula is C6H9N2Re-. The fraction of sp³-hybridized carbons (Fsp3) is 0.500. The van der Waals surface area contributed by atoms with Crippen molar-refractivity contribution in [3.63, 3.8) is 0 Å². The summed E-state index contributed by atoms with van der Waals surface area (Å²) in [6, 6.07) is 0. The monoisotopic (exact) mass is 296 g/mol. The molecule has 1 heterocycles. The zero-order chi connectivity index (χ0) is 5.98. The van der Waals surface area contributed by atoms with E-state index in [1.165, 1.54) is 0 Å². The molecule has 0 bridgehead atoms. The topological polar surface area (TPSA) is 28.7 Å². The molecular weight excluding hydrogens is 286 g/mol. The predicted octanol–water partition coefficient (Wildman–Crippen LogP) is 1.33. The molecule has 9 heavy (non-hydrogen) atoms. The Morgan fingerprint density at radius 3 is 2.56 bits per heavy atom. The Labute approximate surface area is 68.7 Å². The Balaban J connectivity index is 0.000000640. The summed E-state index contributed by atoms with van der Waals surface area (Å²) in [7, 11) is 0. The van der Waals surface area contributed by atoms with Gasteiger partial charge in [-0.15, -0.1) is 11.9 Å². The summed E-state index contributed by atoms with van der Waals surface area (Å²) in [6.07, 6.45) is 4.43. The van der Waals surface area contributed by atoms with E-state index in [2.05, 4.69) is 30.1 Å². The predicted molar refractivity (Wildman–Crippen MR) is 31.5 cm³/mol. The molecule has 0 atom stereocenters. The van der Waals surface area contributed by atoms with Gasteiger partial charge in [0, 0.05) is 20.4 Å². The molecule has 1 aromatic rings. The van der Waals surface area contributed by atoms with Gasteiger partial charge in [-0.2, -0.15) is 0 Å². The molecule has 51 valence electrons. The van der Waals surface area contributed by atoms with E-state index in [0.29, 0.717) is 5.92 Å². The minimum atomic E-state index is 0. The summed E-state index contributed by atoms with van der Waals surface area (Å²) < 4.78 is 0. The van der Waals surface area contributed by atoms with E-state index >= 15 is 0 Å². The second kappa shape index (κ2) is 3.81. The van der Waals surface area contributed by atoms with Crippen LogP contribution in [0.1, 0.15) is 25.5 Å². The number of aromatic amines is 1. The normalized spacial score (nSPS) is 9.22. The van der Waals surface area contributed by atoms with Crippen molar-refractivity contribution in [3.05, 3.63) is 18.2 Å². The Bertz CT molecular complexity index is 146. The van der Waals surface area contributed by atoms with Gasteiger partial charge in [-0.05, 0) is 6.33 Å². The Morgan fingerprint density at radius 1 is 1.67 bits per heavy atom. The molecule has 3 heteroatoms. The van der Waals surface area contributed by atoms with Crippen molar-refractivity contribution in [3.8, 4) is 0 Å². The van der Waals surface area contributed by atoms with Gasteiger partial charge in [0.05, 0.1) is 0 Å². The number of nitrogens with zero attached hydrogens (tertiary/aromatic N) is 1. The van der Waals surface area contributed by atoms with E-state index in [1.807, 2.05) is 0 Å². The standard InChI is InChI=1S/C6H9N2.Re/c1-5(2)6-3-7-4-8-6;/h3,5H,1-2H3,(H,7,8);/q-1;. The first-order chi connectivity index (χ1) is 3.80. The minimum Gasteiger partial charge on any atom is -0.464 e. The molecule has 1 radical (unpaired) electrons. The van der Waals surface area contributed by atoms with Crippen LogP contribution in [0.25, 0.3) is 0 Å². The molecule has 1 rings (SSSR count). The average molecular weight is 295 g/mol. The van der Waals surface area contributed by atoms with Gasteiger partial charge in [0.25, 0.3) is 0 Å². The quantitative estimate of drug-likeness (QED) is 0.778. The summed E-state index contributed by atoms with van der Waals surface area (Å²) in [6.45, 7) is 4.22. The van der Waals surface area contributed by atoms with Crippen LogP contribution in [0, 0.1) is 6.33 Å². The number of H-pyrrole nitrogens is 1. The van der Waals surface area contributed by atoms with E-state index < -0.39 is 0 Å². The van der Waals surface area contributed by atoms with E-state index in [4.69, 9.17) is 0 Å². The van der Waals surface area contributed by atoms with E-state index in [-0.39, 0.29) is 20.4 Å². The molecule has 0 spiro atoms. The SMILES string of the molecule is CC(C)c1cn[c-][nH]1.[Re]. The molecule has 0 saturated heterocycles. The fourth-order valence-corrected chi connectivity index (χ4v) is 0.524. The number of rotatable bonds is 1. The summed E-state index contributed by atoms with van der Waals surface area (Å²) in [5.74, 6) is 0.536. The zero-order valence-corrected chi connectivity index (χ0v) is 8.20.